The second-order valence-electron chi connectivity index (χ2n) is 9.78. The van der Waals surface area contributed by atoms with Gasteiger partial charge in [0, 0.05) is 31.5 Å². The number of aliphatic carboxylic acids is 1. The van der Waals surface area contributed by atoms with E-state index >= 15 is 0 Å². The summed E-state index contributed by atoms with van der Waals surface area (Å²) >= 11 is 0. The van der Waals surface area contributed by atoms with E-state index in [4.69, 9.17) is 23.7 Å². The van der Waals surface area contributed by atoms with Crippen molar-refractivity contribution in [2.45, 2.75) is 59.0 Å². The van der Waals surface area contributed by atoms with Crippen LogP contribution in [0.2, 0.25) is 0 Å². The van der Waals surface area contributed by atoms with Gasteiger partial charge in [0.2, 0.25) is 11.8 Å². The lowest BCUT2D eigenvalue weighted by atomic mass is 9.98. The van der Waals surface area contributed by atoms with Gasteiger partial charge in [-0.2, -0.15) is 0 Å². The molecule has 1 N–H and O–H groups in total. The fraction of sp³-hybridized carbons (Fsp3) is 0.312. The first-order valence-electron chi connectivity index (χ1n) is 13.6. The highest BCUT2D eigenvalue weighted by molar-refractivity contribution is 5.70. The summed E-state index contributed by atoms with van der Waals surface area (Å²) in [6, 6.07) is 18.6. The van der Waals surface area contributed by atoms with Gasteiger partial charge in [-0.3, -0.25) is 9.59 Å². The SMILES string of the molecule is Cc1oc(-c2ccc(Oc3ccccc3)nc2)nc1CCOc1ccc(CCC(=O)O)c(CCC(=O)OC(C)C)c1. The van der Waals surface area contributed by atoms with Gasteiger partial charge in [0.1, 0.15) is 17.3 Å². The zero-order valence-corrected chi connectivity index (χ0v) is 23.5. The molecule has 0 spiro atoms. The number of carbonyl (C=O) groups excluding carboxylic acids is 1. The Morgan fingerprint density at radius 3 is 2.41 bits per heavy atom. The van der Waals surface area contributed by atoms with Gasteiger partial charge >= 0.3 is 11.9 Å². The number of hydrogen-bond donors (Lipinski definition) is 1. The molecule has 0 aliphatic carbocycles. The highest BCUT2D eigenvalue weighted by Gasteiger charge is 2.14. The molecule has 0 amide bonds. The molecule has 0 saturated heterocycles. The number of carbonyl (C=O) groups is 2. The third kappa shape index (κ3) is 8.93. The van der Waals surface area contributed by atoms with E-state index in [0.717, 1.165) is 22.4 Å². The van der Waals surface area contributed by atoms with Gasteiger partial charge in [0.15, 0.2) is 0 Å². The average molecular weight is 559 g/mol. The molecule has 4 rings (SSSR count). The van der Waals surface area contributed by atoms with Crippen LogP contribution in [0.15, 0.2) is 71.3 Å². The number of rotatable bonds is 14. The highest BCUT2D eigenvalue weighted by atomic mass is 16.5. The average Bonchev–Trinajstić information content (AvgIpc) is 3.32. The number of aromatic nitrogens is 2. The number of pyridine rings is 1. The molecule has 2 heterocycles. The first kappa shape index (κ1) is 29.3. The fourth-order valence-corrected chi connectivity index (χ4v) is 4.19. The van der Waals surface area contributed by atoms with Gasteiger partial charge in [-0.15, -0.1) is 0 Å². The number of para-hydroxylation sites is 1. The molecule has 9 nitrogen and oxygen atoms in total. The molecule has 0 saturated carbocycles. The number of hydrogen-bond acceptors (Lipinski definition) is 8. The van der Waals surface area contributed by atoms with Gasteiger partial charge < -0.3 is 23.7 Å². The summed E-state index contributed by atoms with van der Waals surface area (Å²) in [5, 5.41) is 9.10. The van der Waals surface area contributed by atoms with E-state index < -0.39 is 5.97 Å². The maximum Gasteiger partial charge on any atom is 0.306 e. The van der Waals surface area contributed by atoms with Crippen LogP contribution < -0.4 is 9.47 Å². The molecular weight excluding hydrogens is 524 g/mol. The molecule has 0 aliphatic rings. The van der Waals surface area contributed by atoms with Crippen LogP contribution >= 0.6 is 0 Å². The summed E-state index contributed by atoms with van der Waals surface area (Å²) in [4.78, 5) is 32.2. The fourth-order valence-electron chi connectivity index (χ4n) is 4.19. The number of carboxylic acids is 1. The lowest BCUT2D eigenvalue weighted by molar-refractivity contribution is -0.147. The molecule has 2 aromatic heterocycles. The number of oxazole rings is 1. The molecule has 4 aromatic rings. The monoisotopic (exact) mass is 558 g/mol. The maximum absolute atomic E-state index is 12.1. The van der Waals surface area contributed by atoms with Crippen molar-refractivity contribution < 1.29 is 33.3 Å². The molecule has 0 atom stereocenters. The minimum atomic E-state index is -0.870. The predicted octanol–water partition coefficient (Wildman–Crippen LogP) is 6.36. The molecule has 0 aliphatic heterocycles. The molecule has 41 heavy (non-hydrogen) atoms. The summed E-state index contributed by atoms with van der Waals surface area (Å²) in [7, 11) is 0. The molecule has 0 radical (unpaired) electrons. The Labute approximate surface area is 239 Å². The zero-order chi connectivity index (χ0) is 29.2. The van der Waals surface area contributed by atoms with E-state index in [-0.39, 0.29) is 24.9 Å². The van der Waals surface area contributed by atoms with E-state index in [1.165, 1.54) is 0 Å². The van der Waals surface area contributed by atoms with Gasteiger partial charge in [0.25, 0.3) is 0 Å². The van der Waals surface area contributed by atoms with Gasteiger partial charge in [-0.05, 0) is 75.1 Å². The Morgan fingerprint density at radius 1 is 0.927 bits per heavy atom. The summed E-state index contributed by atoms with van der Waals surface area (Å²) in [6.07, 6.45) is 3.02. The van der Waals surface area contributed by atoms with Crippen molar-refractivity contribution in [3.63, 3.8) is 0 Å². The Morgan fingerprint density at radius 2 is 1.71 bits per heavy atom. The van der Waals surface area contributed by atoms with Crippen LogP contribution in [0.25, 0.3) is 11.5 Å². The van der Waals surface area contributed by atoms with Crippen LogP contribution in [0.1, 0.15) is 49.3 Å². The van der Waals surface area contributed by atoms with Crippen molar-refractivity contribution in [3.05, 3.63) is 89.4 Å². The van der Waals surface area contributed by atoms with Crippen LogP contribution in [0.5, 0.6) is 17.4 Å². The van der Waals surface area contributed by atoms with Gasteiger partial charge in [-0.1, -0.05) is 24.3 Å². The van der Waals surface area contributed by atoms with E-state index in [1.54, 1.807) is 26.1 Å². The maximum atomic E-state index is 12.1. The van der Waals surface area contributed by atoms with Crippen molar-refractivity contribution >= 4 is 11.9 Å². The molecular formula is C32H34N2O7. The van der Waals surface area contributed by atoms with Crippen LogP contribution in [0.3, 0.4) is 0 Å². The minimum Gasteiger partial charge on any atom is -0.493 e. The molecule has 214 valence electrons. The molecule has 0 unspecified atom stereocenters. The van der Waals surface area contributed by atoms with Crippen molar-refractivity contribution in [3.8, 4) is 28.8 Å². The normalized spacial score (nSPS) is 10.9. The largest absolute Gasteiger partial charge is 0.493 e. The Balaban J connectivity index is 1.36. The van der Waals surface area contributed by atoms with Crippen LogP contribution in [0.4, 0.5) is 0 Å². The van der Waals surface area contributed by atoms with Crippen molar-refractivity contribution in [2.24, 2.45) is 0 Å². The van der Waals surface area contributed by atoms with E-state index in [2.05, 4.69) is 9.97 Å². The van der Waals surface area contributed by atoms with Crippen LogP contribution in [-0.2, 0) is 33.6 Å². The quantitative estimate of drug-likeness (QED) is 0.176. The molecule has 0 bridgehead atoms. The summed E-state index contributed by atoms with van der Waals surface area (Å²) < 4.78 is 22.9. The van der Waals surface area contributed by atoms with E-state index in [1.807, 2.05) is 61.5 Å². The number of esters is 1. The van der Waals surface area contributed by atoms with Crippen LogP contribution in [0, 0.1) is 6.92 Å². The predicted molar refractivity (Wildman–Crippen MR) is 152 cm³/mol. The van der Waals surface area contributed by atoms with E-state index in [0.29, 0.717) is 54.9 Å². The number of ether oxygens (including phenoxy) is 3. The molecule has 9 heteroatoms. The number of benzene rings is 2. The second kappa shape index (κ2) is 14.1. The lowest BCUT2D eigenvalue weighted by Crippen LogP contribution is -2.12. The lowest BCUT2D eigenvalue weighted by Gasteiger charge is -2.13. The Hall–Kier alpha value is -4.66. The Bertz CT molecular complexity index is 1450. The number of nitrogens with zero attached hydrogens (tertiary/aromatic N) is 2. The van der Waals surface area contributed by atoms with Crippen molar-refractivity contribution in [2.75, 3.05) is 6.61 Å². The minimum absolute atomic E-state index is 0.00963. The third-order valence-electron chi connectivity index (χ3n) is 6.20. The highest BCUT2D eigenvalue weighted by Crippen LogP contribution is 2.26. The van der Waals surface area contributed by atoms with Gasteiger partial charge in [0.05, 0.1) is 24.0 Å². The standard InChI is InChI=1S/C32H34N2O7/c1-21(2)39-31(37)16-12-24-19-27(13-9-23(24)11-15-30(35)36)38-18-17-28-22(3)40-32(34-28)25-10-14-29(33-20-25)41-26-7-5-4-6-8-26/h4-10,13-14,19-21H,11-12,15-18H2,1-3H3,(H,35,36). The number of carboxylic acid groups (broad SMARTS) is 1. The first-order valence-corrected chi connectivity index (χ1v) is 13.6. The molecule has 0 fully saturated rings. The topological polar surface area (TPSA) is 121 Å². The number of aryl methyl sites for hydroxylation is 3. The molecule has 2 aromatic carbocycles. The summed E-state index contributed by atoms with van der Waals surface area (Å²) in [5.74, 6) is 1.82. The smallest absolute Gasteiger partial charge is 0.306 e. The van der Waals surface area contributed by atoms with Crippen molar-refractivity contribution in [1.82, 2.24) is 9.97 Å². The van der Waals surface area contributed by atoms with E-state index in [9.17, 15) is 9.59 Å². The third-order valence-corrected chi connectivity index (χ3v) is 6.20. The summed E-state index contributed by atoms with van der Waals surface area (Å²) in [5.41, 5.74) is 3.26. The van der Waals surface area contributed by atoms with Crippen LogP contribution in [-0.4, -0.2) is 39.7 Å². The summed E-state index contributed by atoms with van der Waals surface area (Å²) in [6.45, 7) is 5.83. The van der Waals surface area contributed by atoms with Gasteiger partial charge in [-0.25, -0.2) is 9.97 Å². The first-order chi connectivity index (χ1) is 19.8. The van der Waals surface area contributed by atoms with Crippen molar-refractivity contribution in [1.29, 1.82) is 0 Å². The Kier molecular flexibility index (Phi) is 10.1. The second-order valence-corrected chi connectivity index (χ2v) is 9.78. The zero-order valence-electron chi connectivity index (χ0n) is 23.5.